The van der Waals surface area contributed by atoms with Crippen LogP contribution in [0.5, 0.6) is 0 Å². The first kappa shape index (κ1) is 16.8. The maximum atomic E-state index is 11.9. The number of hydrogen-bond acceptors (Lipinski definition) is 1. The summed E-state index contributed by atoms with van der Waals surface area (Å²) < 4.78 is 0. The van der Waals surface area contributed by atoms with E-state index < -0.39 is 0 Å². The van der Waals surface area contributed by atoms with Gasteiger partial charge in [-0.3, -0.25) is 4.79 Å². The van der Waals surface area contributed by atoms with Crippen LogP contribution in [0.2, 0.25) is 0 Å². The highest BCUT2D eigenvalue weighted by atomic mass is 16.1. The van der Waals surface area contributed by atoms with Crippen molar-refractivity contribution in [1.29, 1.82) is 0 Å². The van der Waals surface area contributed by atoms with Crippen molar-refractivity contribution < 1.29 is 4.79 Å². The summed E-state index contributed by atoms with van der Waals surface area (Å²) in [6.07, 6.45) is 2.38. The van der Waals surface area contributed by atoms with Gasteiger partial charge in [0.1, 0.15) is 0 Å². The first-order chi connectivity index (χ1) is 11.3. The average molecular weight is 308 g/mol. The van der Waals surface area contributed by atoms with Gasteiger partial charge in [0.2, 0.25) is 5.91 Å². The molecule has 2 N–H and O–H groups in total. The molecular weight excluding hydrogens is 284 g/mol. The Morgan fingerprint density at radius 3 is 2.48 bits per heavy atom. The standard InChI is InChI=1S/C18H18N2O.C2H6/c1-19-17(21)12-16(13-6-3-2-4-7-13)15-9-5-8-14-10-11-20-18(14)15;1-2/h2-11,16,20H,12H2,1H3,(H,19,21);1-2H3. The molecular formula is C20H24N2O. The Morgan fingerprint density at radius 1 is 1.04 bits per heavy atom. The third-order valence-electron chi connectivity index (χ3n) is 3.87. The molecule has 23 heavy (non-hydrogen) atoms. The number of nitrogens with one attached hydrogen (secondary N) is 2. The zero-order valence-electron chi connectivity index (χ0n) is 14.0. The highest BCUT2D eigenvalue weighted by Gasteiger charge is 2.20. The second-order valence-electron chi connectivity index (χ2n) is 5.13. The topological polar surface area (TPSA) is 44.9 Å². The number of hydrogen-bond donors (Lipinski definition) is 2. The van der Waals surface area contributed by atoms with E-state index >= 15 is 0 Å². The molecule has 2 aromatic carbocycles. The van der Waals surface area contributed by atoms with Gasteiger partial charge in [-0.05, 0) is 22.6 Å². The summed E-state index contributed by atoms with van der Waals surface area (Å²) >= 11 is 0. The molecule has 0 spiro atoms. The van der Waals surface area contributed by atoms with Gasteiger partial charge < -0.3 is 10.3 Å². The van der Waals surface area contributed by atoms with Crippen LogP contribution in [-0.2, 0) is 4.79 Å². The number of aromatic amines is 1. The van der Waals surface area contributed by atoms with Crippen LogP contribution >= 0.6 is 0 Å². The fraction of sp³-hybridized carbons (Fsp3) is 0.250. The normalized spacial score (nSPS) is 11.4. The number of benzene rings is 2. The zero-order valence-corrected chi connectivity index (χ0v) is 14.0. The molecule has 3 aromatic rings. The molecule has 0 aliphatic heterocycles. The molecule has 120 valence electrons. The van der Waals surface area contributed by atoms with Crippen LogP contribution in [-0.4, -0.2) is 17.9 Å². The number of carbonyl (C=O) groups excluding carboxylic acids is 1. The van der Waals surface area contributed by atoms with Crippen molar-refractivity contribution in [1.82, 2.24) is 10.3 Å². The molecule has 0 aliphatic rings. The predicted molar refractivity (Wildman–Crippen MR) is 96.6 cm³/mol. The van der Waals surface area contributed by atoms with Crippen LogP contribution in [0.1, 0.15) is 37.3 Å². The van der Waals surface area contributed by atoms with Crippen LogP contribution < -0.4 is 5.32 Å². The van der Waals surface area contributed by atoms with E-state index in [2.05, 4.69) is 40.6 Å². The van der Waals surface area contributed by atoms with Gasteiger partial charge in [-0.15, -0.1) is 0 Å². The molecule has 0 saturated heterocycles. The van der Waals surface area contributed by atoms with Gasteiger partial charge in [-0.2, -0.15) is 0 Å². The van der Waals surface area contributed by atoms with Gasteiger partial charge >= 0.3 is 0 Å². The van der Waals surface area contributed by atoms with Gasteiger partial charge in [0.25, 0.3) is 0 Å². The van der Waals surface area contributed by atoms with Crippen LogP contribution in [0.4, 0.5) is 0 Å². The summed E-state index contributed by atoms with van der Waals surface area (Å²) in [6.45, 7) is 4.00. The zero-order chi connectivity index (χ0) is 16.7. The number of para-hydroxylation sites is 1. The van der Waals surface area contributed by atoms with Gasteiger partial charge in [0.15, 0.2) is 0 Å². The van der Waals surface area contributed by atoms with Gasteiger partial charge in [-0.25, -0.2) is 0 Å². The lowest BCUT2D eigenvalue weighted by molar-refractivity contribution is -0.120. The van der Waals surface area contributed by atoms with Crippen LogP contribution in [0.25, 0.3) is 10.9 Å². The SMILES string of the molecule is CC.CNC(=O)CC(c1ccccc1)c1cccc2cc[nH]c12. The summed E-state index contributed by atoms with van der Waals surface area (Å²) in [5.41, 5.74) is 3.42. The summed E-state index contributed by atoms with van der Waals surface area (Å²) in [5.74, 6) is 0.0981. The van der Waals surface area contributed by atoms with Gasteiger partial charge in [0.05, 0.1) is 0 Å². The molecule has 0 fully saturated rings. The van der Waals surface area contributed by atoms with Crippen molar-refractivity contribution in [3.63, 3.8) is 0 Å². The molecule has 3 heteroatoms. The third-order valence-corrected chi connectivity index (χ3v) is 3.87. The Hall–Kier alpha value is -2.55. The Bertz CT molecular complexity index is 746. The molecule has 1 atom stereocenters. The second-order valence-corrected chi connectivity index (χ2v) is 5.13. The number of aromatic nitrogens is 1. The molecule has 1 heterocycles. The highest BCUT2D eigenvalue weighted by molar-refractivity contribution is 5.85. The van der Waals surface area contributed by atoms with Crippen molar-refractivity contribution >= 4 is 16.8 Å². The predicted octanol–water partition coefficient (Wildman–Crippen LogP) is 4.46. The molecule has 1 unspecified atom stereocenters. The van der Waals surface area contributed by atoms with E-state index in [1.807, 2.05) is 44.3 Å². The maximum Gasteiger partial charge on any atom is 0.220 e. The minimum atomic E-state index is 0.0485. The molecule has 3 nitrogen and oxygen atoms in total. The smallest absolute Gasteiger partial charge is 0.220 e. The van der Waals surface area contributed by atoms with E-state index in [1.54, 1.807) is 7.05 Å². The minimum absolute atomic E-state index is 0.0485. The first-order valence-electron chi connectivity index (χ1n) is 8.11. The molecule has 0 radical (unpaired) electrons. The lowest BCUT2D eigenvalue weighted by Gasteiger charge is -2.18. The number of fused-ring (bicyclic) bond motifs is 1. The summed E-state index contributed by atoms with van der Waals surface area (Å²) in [7, 11) is 1.68. The molecule has 3 rings (SSSR count). The Balaban J connectivity index is 0.000000924. The summed E-state index contributed by atoms with van der Waals surface area (Å²) in [6, 6.07) is 18.5. The van der Waals surface area contributed by atoms with Crippen LogP contribution in [0, 0.1) is 0 Å². The second kappa shape index (κ2) is 8.18. The van der Waals surface area contributed by atoms with Gasteiger partial charge in [0, 0.05) is 31.1 Å². The van der Waals surface area contributed by atoms with E-state index in [0.29, 0.717) is 6.42 Å². The Kier molecular flexibility index (Phi) is 5.98. The molecule has 0 bridgehead atoms. The van der Waals surface area contributed by atoms with Crippen molar-refractivity contribution in [2.24, 2.45) is 0 Å². The fourth-order valence-corrected chi connectivity index (χ4v) is 2.78. The Morgan fingerprint density at radius 2 is 1.78 bits per heavy atom. The number of rotatable bonds is 4. The van der Waals surface area contributed by atoms with Crippen molar-refractivity contribution in [3.05, 3.63) is 71.9 Å². The quantitative estimate of drug-likeness (QED) is 0.734. The van der Waals surface area contributed by atoms with E-state index in [-0.39, 0.29) is 11.8 Å². The number of carbonyl (C=O) groups is 1. The van der Waals surface area contributed by atoms with Crippen LogP contribution in [0.3, 0.4) is 0 Å². The van der Waals surface area contributed by atoms with Gasteiger partial charge in [-0.1, -0.05) is 62.4 Å². The molecule has 0 saturated carbocycles. The van der Waals surface area contributed by atoms with E-state index in [0.717, 1.165) is 16.6 Å². The van der Waals surface area contributed by atoms with E-state index in [1.165, 1.54) is 5.39 Å². The highest BCUT2D eigenvalue weighted by Crippen LogP contribution is 2.32. The maximum absolute atomic E-state index is 11.9. The van der Waals surface area contributed by atoms with Crippen molar-refractivity contribution in [2.45, 2.75) is 26.2 Å². The van der Waals surface area contributed by atoms with E-state index in [9.17, 15) is 4.79 Å². The lowest BCUT2D eigenvalue weighted by atomic mass is 9.87. The van der Waals surface area contributed by atoms with Crippen LogP contribution in [0.15, 0.2) is 60.8 Å². The largest absolute Gasteiger partial charge is 0.361 e. The van der Waals surface area contributed by atoms with Crippen molar-refractivity contribution in [2.75, 3.05) is 7.05 Å². The van der Waals surface area contributed by atoms with Crippen molar-refractivity contribution in [3.8, 4) is 0 Å². The molecule has 0 aliphatic carbocycles. The average Bonchev–Trinajstić information content (AvgIpc) is 3.11. The number of H-pyrrole nitrogens is 1. The minimum Gasteiger partial charge on any atom is -0.361 e. The fourth-order valence-electron chi connectivity index (χ4n) is 2.78. The Labute approximate surface area is 137 Å². The molecule has 1 amide bonds. The number of amides is 1. The third kappa shape index (κ3) is 3.81. The molecule has 1 aromatic heterocycles. The lowest BCUT2D eigenvalue weighted by Crippen LogP contribution is -2.21. The monoisotopic (exact) mass is 308 g/mol. The summed E-state index contributed by atoms with van der Waals surface area (Å²) in [5, 5.41) is 3.90. The van der Waals surface area contributed by atoms with E-state index in [4.69, 9.17) is 0 Å². The first-order valence-corrected chi connectivity index (χ1v) is 8.11. The summed E-state index contributed by atoms with van der Waals surface area (Å²) in [4.78, 5) is 15.2.